The highest BCUT2D eigenvalue weighted by Crippen LogP contribution is 2.13. The lowest BCUT2D eigenvalue weighted by molar-refractivity contribution is 0.173. The van der Waals surface area contributed by atoms with Gasteiger partial charge in [0, 0.05) is 12.4 Å². The monoisotopic (exact) mass is 197 g/mol. The van der Waals surface area contributed by atoms with Gasteiger partial charge < -0.3 is 5.11 Å². The summed E-state index contributed by atoms with van der Waals surface area (Å²) in [6, 6.07) is 3.70. The van der Waals surface area contributed by atoms with E-state index in [9.17, 15) is 5.11 Å². The molecule has 1 rings (SSSR count). The highest BCUT2D eigenvalue weighted by atomic mass is 16.3. The fourth-order valence-corrected chi connectivity index (χ4v) is 0.809. The van der Waals surface area contributed by atoms with Gasteiger partial charge in [0.15, 0.2) is 0 Å². The average Bonchev–Trinajstić information content (AvgIpc) is 2.34. The molecule has 0 saturated heterocycles. The van der Waals surface area contributed by atoms with Crippen molar-refractivity contribution in [3.63, 3.8) is 0 Å². The average molecular weight is 197 g/mol. The summed E-state index contributed by atoms with van der Waals surface area (Å²) in [7, 11) is 0. The van der Waals surface area contributed by atoms with Crippen LogP contribution in [0.1, 0.15) is 52.7 Å². The second kappa shape index (κ2) is 12.1. The standard InChI is InChI=1S/C8H11NO.2C2H6/c1-2-8(10)7-4-3-5-9-6-7;2*1-2/h3-6,8,10H,2H2,1H3;2*1-2H3. The molecule has 0 aliphatic carbocycles. The van der Waals surface area contributed by atoms with Crippen LogP contribution in [0.15, 0.2) is 24.5 Å². The number of nitrogens with zero attached hydrogens (tertiary/aromatic N) is 1. The lowest BCUT2D eigenvalue weighted by Gasteiger charge is -2.05. The number of hydrogen-bond acceptors (Lipinski definition) is 2. The molecule has 0 radical (unpaired) electrons. The predicted molar refractivity (Wildman–Crippen MR) is 62.2 cm³/mol. The van der Waals surface area contributed by atoms with E-state index in [2.05, 4.69) is 4.98 Å². The lowest BCUT2D eigenvalue weighted by Crippen LogP contribution is -1.94. The Morgan fingerprint density at radius 1 is 1.29 bits per heavy atom. The molecule has 0 saturated carbocycles. The number of rotatable bonds is 2. The van der Waals surface area contributed by atoms with E-state index in [-0.39, 0.29) is 6.10 Å². The van der Waals surface area contributed by atoms with Crippen LogP contribution in [0.5, 0.6) is 0 Å². The van der Waals surface area contributed by atoms with E-state index in [1.165, 1.54) is 0 Å². The molecule has 1 atom stereocenters. The Bertz CT molecular complexity index is 187. The van der Waals surface area contributed by atoms with Crippen molar-refractivity contribution in [1.82, 2.24) is 4.98 Å². The first kappa shape index (κ1) is 15.6. The number of aromatic nitrogens is 1. The highest BCUT2D eigenvalue weighted by Gasteiger charge is 2.01. The van der Waals surface area contributed by atoms with Crippen molar-refractivity contribution >= 4 is 0 Å². The van der Waals surface area contributed by atoms with Gasteiger partial charge in [-0.2, -0.15) is 0 Å². The molecule has 2 heteroatoms. The quantitative estimate of drug-likeness (QED) is 0.786. The maximum absolute atomic E-state index is 9.29. The second-order valence-corrected chi connectivity index (χ2v) is 2.21. The van der Waals surface area contributed by atoms with Gasteiger partial charge in [-0.3, -0.25) is 4.98 Å². The van der Waals surface area contributed by atoms with E-state index in [1.54, 1.807) is 12.4 Å². The number of hydrogen-bond donors (Lipinski definition) is 1. The second-order valence-electron chi connectivity index (χ2n) is 2.21. The molecule has 82 valence electrons. The summed E-state index contributed by atoms with van der Waals surface area (Å²) in [5.41, 5.74) is 0.894. The van der Waals surface area contributed by atoms with Gasteiger partial charge in [0.2, 0.25) is 0 Å². The van der Waals surface area contributed by atoms with Crippen molar-refractivity contribution in [1.29, 1.82) is 0 Å². The summed E-state index contributed by atoms with van der Waals surface area (Å²) in [5.74, 6) is 0. The fourth-order valence-electron chi connectivity index (χ4n) is 0.809. The lowest BCUT2D eigenvalue weighted by atomic mass is 10.1. The molecule has 1 heterocycles. The van der Waals surface area contributed by atoms with E-state index in [4.69, 9.17) is 0 Å². The van der Waals surface area contributed by atoms with Gasteiger partial charge in [0.05, 0.1) is 6.10 Å². The Morgan fingerprint density at radius 2 is 1.86 bits per heavy atom. The SMILES string of the molecule is CC.CC.CCC(O)c1cccnc1. The fraction of sp³-hybridized carbons (Fsp3) is 0.583. The van der Waals surface area contributed by atoms with Gasteiger partial charge in [-0.05, 0) is 18.1 Å². The minimum Gasteiger partial charge on any atom is -0.388 e. The molecule has 0 bridgehead atoms. The van der Waals surface area contributed by atoms with E-state index >= 15 is 0 Å². The van der Waals surface area contributed by atoms with Crippen molar-refractivity contribution in [3.8, 4) is 0 Å². The zero-order valence-electron chi connectivity index (χ0n) is 9.99. The third-order valence-electron chi connectivity index (χ3n) is 1.46. The van der Waals surface area contributed by atoms with E-state index in [0.29, 0.717) is 0 Å². The van der Waals surface area contributed by atoms with Crippen LogP contribution in [-0.4, -0.2) is 10.1 Å². The molecule has 2 nitrogen and oxygen atoms in total. The summed E-state index contributed by atoms with van der Waals surface area (Å²) < 4.78 is 0. The smallest absolute Gasteiger partial charge is 0.0802 e. The molecule has 1 aromatic rings. The van der Waals surface area contributed by atoms with Crippen LogP contribution in [0.3, 0.4) is 0 Å². The molecule has 0 spiro atoms. The molecule has 0 aromatic carbocycles. The van der Waals surface area contributed by atoms with Crippen molar-refractivity contribution < 1.29 is 5.11 Å². The molecule has 0 aliphatic heterocycles. The first-order valence-corrected chi connectivity index (χ1v) is 5.42. The van der Waals surface area contributed by atoms with E-state index < -0.39 is 0 Å². The van der Waals surface area contributed by atoms with Crippen LogP contribution in [0, 0.1) is 0 Å². The third-order valence-corrected chi connectivity index (χ3v) is 1.46. The van der Waals surface area contributed by atoms with Gasteiger partial charge in [0.1, 0.15) is 0 Å². The first-order chi connectivity index (χ1) is 6.84. The van der Waals surface area contributed by atoms with Gasteiger partial charge in [-0.1, -0.05) is 40.7 Å². The summed E-state index contributed by atoms with van der Waals surface area (Å²) in [6.45, 7) is 9.94. The van der Waals surface area contributed by atoms with Crippen LogP contribution in [-0.2, 0) is 0 Å². The molecule has 0 aliphatic rings. The maximum atomic E-state index is 9.29. The number of pyridine rings is 1. The van der Waals surface area contributed by atoms with E-state index in [0.717, 1.165) is 12.0 Å². The van der Waals surface area contributed by atoms with Crippen LogP contribution >= 0.6 is 0 Å². The summed E-state index contributed by atoms with van der Waals surface area (Å²) in [4.78, 5) is 3.89. The molecule has 1 N–H and O–H groups in total. The molecular weight excluding hydrogens is 174 g/mol. The molecule has 0 amide bonds. The summed E-state index contributed by atoms with van der Waals surface area (Å²) >= 11 is 0. The van der Waals surface area contributed by atoms with Gasteiger partial charge >= 0.3 is 0 Å². The zero-order chi connectivity index (χ0) is 11.4. The maximum Gasteiger partial charge on any atom is 0.0802 e. The molecular formula is C12H23NO. The number of aliphatic hydroxyl groups excluding tert-OH is 1. The van der Waals surface area contributed by atoms with Crippen molar-refractivity contribution in [2.24, 2.45) is 0 Å². The third kappa shape index (κ3) is 6.61. The van der Waals surface area contributed by atoms with Gasteiger partial charge in [-0.25, -0.2) is 0 Å². The minimum absolute atomic E-state index is 0.353. The first-order valence-electron chi connectivity index (χ1n) is 5.42. The summed E-state index contributed by atoms with van der Waals surface area (Å²) in [5, 5.41) is 9.29. The van der Waals surface area contributed by atoms with Crippen molar-refractivity contribution in [2.75, 3.05) is 0 Å². The molecule has 1 aromatic heterocycles. The Morgan fingerprint density at radius 3 is 2.21 bits per heavy atom. The predicted octanol–water partition coefficient (Wildman–Crippen LogP) is 3.58. The van der Waals surface area contributed by atoms with Crippen molar-refractivity contribution in [2.45, 2.75) is 47.1 Å². The van der Waals surface area contributed by atoms with E-state index in [1.807, 2.05) is 46.8 Å². The van der Waals surface area contributed by atoms with Gasteiger partial charge in [-0.15, -0.1) is 0 Å². The molecule has 14 heavy (non-hydrogen) atoms. The Balaban J connectivity index is 0. The minimum atomic E-state index is -0.353. The Hall–Kier alpha value is -0.890. The normalized spacial score (nSPS) is 10.1. The topological polar surface area (TPSA) is 33.1 Å². The highest BCUT2D eigenvalue weighted by molar-refractivity contribution is 5.11. The number of aliphatic hydroxyl groups is 1. The van der Waals surface area contributed by atoms with Crippen LogP contribution in [0.25, 0.3) is 0 Å². The molecule has 0 fully saturated rings. The summed E-state index contributed by atoms with van der Waals surface area (Å²) in [6.07, 6.45) is 3.78. The van der Waals surface area contributed by atoms with Gasteiger partial charge in [0.25, 0.3) is 0 Å². The van der Waals surface area contributed by atoms with Crippen LogP contribution in [0.2, 0.25) is 0 Å². The Labute approximate surface area is 88.0 Å². The molecule has 1 unspecified atom stereocenters. The largest absolute Gasteiger partial charge is 0.388 e. The Kier molecular flexibility index (Phi) is 13.5. The van der Waals surface area contributed by atoms with Crippen LogP contribution < -0.4 is 0 Å². The van der Waals surface area contributed by atoms with Crippen LogP contribution in [0.4, 0.5) is 0 Å². The zero-order valence-corrected chi connectivity index (χ0v) is 9.99. The van der Waals surface area contributed by atoms with Crippen molar-refractivity contribution in [3.05, 3.63) is 30.1 Å².